The first-order valence-corrected chi connectivity index (χ1v) is 13.3. The Kier molecular flexibility index (Phi) is 8.14. The van der Waals surface area contributed by atoms with Crippen molar-refractivity contribution >= 4 is 18.0 Å². The number of methoxy groups -OCH3 is 1. The van der Waals surface area contributed by atoms with Crippen LogP contribution in [0.25, 0.3) is 11.1 Å². The molecule has 0 radical (unpaired) electrons. The van der Waals surface area contributed by atoms with Gasteiger partial charge in [0.2, 0.25) is 5.91 Å². The molecule has 0 saturated carbocycles. The van der Waals surface area contributed by atoms with Crippen molar-refractivity contribution < 1.29 is 29.0 Å². The Morgan fingerprint density at radius 2 is 1.60 bits per heavy atom. The SMILES string of the molecule is COC(CNC(=O)C1(NC(=O)OCC2c3ccccc3-c3ccccc32)CCN(Cc2ccccc2)C1)C(=O)O. The molecule has 208 valence electrons. The van der Waals surface area contributed by atoms with Gasteiger partial charge in [0.25, 0.3) is 0 Å². The lowest BCUT2D eigenvalue weighted by Crippen LogP contribution is -2.61. The Balaban J connectivity index is 1.29. The zero-order valence-corrected chi connectivity index (χ0v) is 22.3. The summed E-state index contributed by atoms with van der Waals surface area (Å²) in [7, 11) is 1.27. The number of fused-ring (bicyclic) bond motifs is 3. The normalized spacial score (nSPS) is 18.9. The number of nitrogens with zero attached hydrogens (tertiary/aromatic N) is 1. The van der Waals surface area contributed by atoms with Crippen LogP contribution in [0.5, 0.6) is 0 Å². The molecular weight excluding hydrogens is 510 g/mol. The molecule has 2 unspecified atom stereocenters. The van der Waals surface area contributed by atoms with E-state index in [2.05, 4.69) is 27.7 Å². The number of carbonyl (C=O) groups is 3. The summed E-state index contributed by atoms with van der Waals surface area (Å²) in [5.74, 6) is -1.77. The van der Waals surface area contributed by atoms with E-state index in [1.54, 1.807) is 0 Å². The highest BCUT2D eigenvalue weighted by Crippen LogP contribution is 2.44. The maximum absolute atomic E-state index is 13.5. The number of benzene rings is 3. The van der Waals surface area contributed by atoms with E-state index in [0.717, 1.165) is 27.8 Å². The molecule has 3 N–H and O–H groups in total. The van der Waals surface area contributed by atoms with Gasteiger partial charge in [0, 0.05) is 32.7 Å². The van der Waals surface area contributed by atoms with Gasteiger partial charge in [-0.2, -0.15) is 0 Å². The molecule has 1 aliphatic carbocycles. The van der Waals surface area contributed by atoms with Gasteiger partial charge in [-0.25, -0.2) is 9.59 Å². The minimum atomic E-state index is -1.28. The predicted octanol–water partition coefficient (Wildman–Crippen LogP) is 3.39. The third-order valence-electron chi connectivity index (χ3n) is 7.72. The summed E-state index contributed by atoms with van der Waals surface area (Å²) in [5, 5.41) is 14.8. The van der Waals surface area contributed by atoms with E-state index < -0.39 is 29.6 Å². The van der Waals surface area contributed by atoms with Crippen LogP contribution in [0, 0.1) is 0 Å². The highest BCUT2D eigenvalue weighted by atomic mass is 16.5. The van der Waals surface area contributed by atoms with Gasteiger partial charge in [0.15, 0.2) is 6.10 Å². The van der Waals surface area contributed by atoms with Crippen molar-refractivity contribution in [2.75, 3.05) is 33.4 Å². The second-order valence-electron chi connectivity index (χ2n) is 10.3. The van der Waals surface area contributed by atoms with E-state index in [0.29, 0.717) is 19.5 Å². The lowest BCUT2D eigenvalue weighted by Gasteiger charge is -2.30. The number of carboxylic acid groups (broad SMARTS) is 1. The Labute approximate surface area is 233 Å². The first-order valence-electron chi connectivity index (χ1n) is 13.3. The standard InChI is InChI=1S/C31H33N3O6/c1-39-27(28(35)36)17-32-29(37)31(15-16-34(20-31)18-21-9-3-2-4-10-21)33-30(38)40-19-26-24-13-7-5-11-22(24)23-12-6-8-14-25(23)26/h2-14,26-27H,15-20H2,1H3,(H,32,37)(H,33,38)(H,35,36). The van der Waals surface area contributed by atoms with E-state index in [1.165, 1.54) is 7.11 Å². The second-order valence-corrected chi connectivity index (χ2v) is 10.3. The van der Waals surface area contributed by atoms with Gasteiger partial charge in [0.1, 0.15) is 12.1 Å². The number of hydrogen-bond acceptors (Lipinski definition) is 6. The van der Waals surface area contributed by atoms with Gasteiger partial charge < -0.3 is 25.2 Å². The quantitative estimate of drug-likeness (QED) is 0.359. The molecule has 0 spiro atoms. The Bertz CT molecular complexity index is 1330. The van der Waals surface area contributed by atoms with Crippen LogP contribution in [0.1, 0.15) is 29.0 Å². The Hall–Kier alpha value is -4.21. The van der Waals surface area contributed by atoms with Crippen LogP contribution in [0.2, 0.25) is 0 Å². The molecule has 1 heterocycles. The van der Waals surface area contributed by atoms with Crippen LogP contribution in [0.3, 0.4) is 0 Å². The van der Waals surface area contributed by atoms with E-state index in [-0.39, 0.29) is 25.6 Å². The van der Waals surface area contributed by atoms with Gasteiger partial charge in [-0.15, -0.1) is 0 Å². The van der Waals surface area contributed by atoms with E-state index in [9.17, 15) is 19.5 Å². The minimum absolute atomic E-state index is 0.112. The molecule has 9 heteroatoms. The molecule has 40 heavy (non-hydrogen) atoms. The lowest BCUT2D eigenvalue weighted by molar-refractivity contribution is -0.148. The monoisotopic (exact) mass is 543 g/mol. The maximum Gasteiger partial charge on any atom is 0.408 e. The first-order chi connectivity index (χ1) is 19.4. The molecule has 3 aromatic carbocycles. The smallest absolute Gasteiger partial charge is 0.408 e. The molecule has 2 atom stereocenters. The zero-order valence-electron chi connectivity index (χ0n) is 22.3. The zero-order chi connectivity index (χ0) is 28.1. The first kappa shape index (κ1) is 27.4. The fraction of sp³-hybridized carbons (Fsp3) is 0.323. The van der Waals surface area contributed by atoms with Crippen LogP contribution in [0.4, 0.5) is 4.79 Å². The summed E-state index contributed by atoms with van der Waals surface area (Å²) in [5.41, 5.74) is 4.25. The molecular formula is C31H33N3O6. The van der Waals surface area contributed by atoms with Gasteiger partial charge >= 0.3 is 12.1 Å². The second kappa shape index (κ2) is 11.9. The van der Waals surface area contributed by atoms with Crippen molar-refractivity contribution in [3.8, 4) is 11.1 Å². The van der Waals surface area contributed by atoms with Gasteiger partial charge in [0.05, 0.1) is 6.54 Å². The van der Waals surface area contributed by atoms with E-state index in [4.69, 9.17) is 9.47 Å². The fourth-order valence-electron chi connectivity index (χ4n) is 5.67. The summed E-state index contributed by atoms with van der Waals surface area (Å²) in [6.07, 6.45) is -1.54. The number of amides is 2. The van der Waals surface area contributed by atoms with E-state index >= 15 is 0 Å². The van der Waals surface area contributed by atoms with Crippen LogP contribution in [0.15, 0.2) is 78.9 Å². The minimum Gasteiger partial charge on any atom is -0.479 e. The molecule has 1 saturated heterocycles. The number of carboxylic acids is 1. The maximum atomic E-state index is 13.5. The van der Waals surface area contributed by atoms with Crippen molar-refractivity contribution in [3.63, 3.8) is 0 Å². The lowest BCUT2D eigenvalue weighted by atomic mass is 9.97. The van der Waals surface area contributed by atoms with Crippen molar-refractivity contribution in [1.29, 1.82) is 0 Å². The number of aliphatic carboxylic acids is 1. The van der Waals surface area contributed by atoms with Crippen LogP contribution < -0.4 is 10.6 Å². The highest BCUT2D eigenvalue weighted by Gasteiger charge is 2.46. The number of rotatable bonds is 10. The molecule has 1 aliphatic heterocycles. The van der Waals surface area contributed by atoms with Crippen molar-refractivity contribution in [2.24, 2.45) is 0 Å². The Morgan fingerprint density at radius 3 is 2.23 bits per heavy atom. The number of carbonyl (C=O) groups excluding carboxylic acids is 2. The number of hydrogen-bond donors (Lipinski definition) is 3. The number of likely N-dealkylation sites (tertiary alicyclic amines) is 1. The number of ether oxygens (including phenoxy) is 2. The summed E-state index contributed by atoms with van der Waals surface area (Å²) in [6, 6.07) is 26.0. The third-order valence-corrected chi connectivity index (χ3v) is 7.72. The van der Waals surface area contributed by atoms with Crippen LogP contribution in [-0.2, 0) is 25.6 Å². The van der Waals surface area contributed by atoms with E-state index in [1.807, 2.05) is 66.7 Å². The van der Waals surface area contributed by atoms with Crippen molar-refractivity contribution in [3.05, 3.63) is 95.6 Å². The van der Waals surface area contributed by atoms with Crippen LogP contribution in [-0.4, -0.2) is 73.0 Å². The van der Waals surface area contributed by atoms with Gasteiger partial charge in [-0.05, 0) is 34.2 Å². The largest absolute Gasteiger partial charge is 0.479 e. The molecule has 5 rings (SSSR count). The molecule has 9 nitrogen and oxygen atoms in total. The molecule has 0 aromatic heterocycles. The fourth-order valence-corrected chi connectivity index (χ4v) is 5.67. The summed E-state index contributed by atoms with van der Waals surface area (Å²) in [6.45, 7) is 1.33. The van der Waals surface area contributed by atoms with Crippen LogP contribution >= 0.6 is 0 Å². The Morgan fingerprint density at radius 1 is 0.975 bits per heavy atom. The molecule has 3 aromatic rings. The third kappa shape index (κ3) is 5.71. The predicted molar refractivity (Wildman–Crippen MR) is 149 cm³/mol. The molecule has 0 bridgehead atoms. The average Bonchev–Trinajstić information content (AvgIpc) is 3.52. The number of alkyl carbamates (subject to hydrolysis) is 1. The van der Waals surface area contributed by atoms with Gasteiger partial charge in [-0.1, -0.05) is 78.9 Å². The summed E-state index contributed by atoms with van der Waals surface area (Å²) < 4.78 is 10.7. The highest BCUT2D eigenvalue weighted by molar-refractivity contribution is 5.91. The molecule has 2 amide bonds. The topological polar surface area (TPSA) is 117 Å². The summed E-state index contributed by atoms with van der Waals surface area (Å²) >= 11 is 0. The number of nitrogens with one attached hydrogen (secondary N) is 2. The summed E-state index contributed by atoms with van der Waals surface area (Å²) in [4.78, 5) is 40.2. The van der Waals surface area contributed by atoms with Gasteiger partial charge in [-0.3, -0.25) is 9.69 Å². The average molecular weight is 544 g/mol. The van der Waals surface area contributed by atoms with Crippen molar-refractivity contribution in [1.82, 2.24) is 15.5 Å². The molecule has 1 fully saturated rings. The molecule has 2 aliphatic rings. The van der Waals surface area contributed by atoms with Crippen molar-refractivity contribution in [2.45, 2.75) is 30.5 Å².